The van der Waals surface area contributed by atoms with Crippen LogP contribution in [0.3, 0.4) is 0 Å². The summed E-state index contributed by atoms with van der Waals surface area (Å²) in [5, 5.41) is 10.4. The number of benzene rings is 3. The second kappa shape index (κ2) is 11.2. The number of aryl methyl sites for hydroxylation is 2. The molecule has 0 bridgehead atoms. The smallest absolute Gasteiger partial charge is 0.234 e. The van der Waals surface area contributed by atoms with E-state index in [1.807, 2.05) is 75.4 Å². The van der Waals surface area contributed by atoms with Gasteiger partial charge in [0.15, 0.2) is 5.16 Å². The zero-order valence-corrected chi connectivity index (χ0v) is 21.2. The van der Waals surface area contributed by atoms with Crippen molar-refractivity contribution in [3.8, 4) is 0 Å². The zero-order valence-electron chi connectivity index (χ0n) is 19.6. The fraction of sp³-hybridized carbons (Fsp3) is 0.154. The van der Waals surface area contributed by atoms with Gasteiger partial charge in [-0.05, 0) is 62.7 Å². The highest BCUT2D eigenvalue weighted by molar-refractivity contribution is 7.99. The maximum atomic E-state index is 12.6. The van der Waals surface area contributed by atoms with Crippen molar-refractivity contribution in [2.45, 2.75) is 25.9 Å². The SMILES string of the molecule is Cc1ccc(Nc2nc(Nc3ccc(C)cc3)nc(SCC(=O)Nc3cccc(Cl)c3C)n2)cc1. The zero-order chi connectivity index (χ0) is 24.8. The van der Waals surface area contributed by atoms with Crippen LogP contribution in [0.5, 0.6) is 0 Å². The van der Waals surface area contributed by atoms with Gasteiger partial charge in [-0.3, -0.25) is 4.79 Å². The number of hydrogen-bond donors (Lipinski definition) is 3. The molecule has 0 radical (unpaired) electrons. The van der Waals surface area contributed by atoms with Crippen molar-refractivity contribution in [3.05, 3.63) is 88.4 Å². The molecule has 0 aliphatic heterocycles. The lowest BCUT2D eigenvalue weighted by Gasteiger charge is -2.11. The van der Waals surface area contributed by atoms with Crippen molar-refractivity contribution in [2.75, 3.05) is 21.7 Å². The first-order chi connectivity index (χ1) is 16.9. The normalized spacial score (nSPS) is 10.6. The Labute approximate surface area is 213 Å². The molecule has 0 saturated heterocycles. The average Bonchev–Trinajstić information content (AvgIpc) is 2.84. The summed E-state index contributed by atoms with van der Waals surface area (Å²) in [5.74, 6) is 0.713. The first-order valence-corrected chi connectivity index (χ1v) is 12.3. The van der Waals surface area contributed by atoms with Crippen LogP contribution in [0.1, 0.15) is 16.7 Å². The average molecular weight is 505 g/mol. The highest BCUT2D eigenvalue weighted by Crippen LogP contribution is 2.25. The highest BCUT2D eigenvalue weighted by atomic mass is 35.5. The quantitative estimate of drug-likeness (QED) is 0.231. The fourth-order valence-electron chi connectivity index (χ4n) is 3.12. The van der Waals surface area contributed by atoms with Crippen molar-refractivity contribution in [1.29, 1.82) is 0 Å². The molecule has 0 unspecified atom stereocenters. The summed E-state index contributed by atoms with van der Waals surface area (Å²) in [7, 11) is 0. The van der Waals surface area contributed by atoms with E-state index in [9.17, 15) is 4.79 Å². The molecule has 0 aliphatic rings. The van der Waals surface area contributed by atoms with Crippen LogP contribution in [0.15, 0.2) is 71.9 Å². The molecule has 1 amide bonds. The van der Waals surface area contributed by atoms with Crippen LogP contribution in [0.25, 0.3) is 0 Å². The molecule has 0 fully saturated rings. The van der Waals surface area contributed by atoms with Gasteiger partial charge in [0.1, 0.15) is 0 Å². The number of carbonyl (C=O) groups is 1. The van der Waals surface area contributed by atoms with E-state index in [4.69, 9.17) is 11.6 Å². The molecule has 3 aromatic carbocycles. The summed E-state index contributed by atoms with van der Waals surface area (Å²) in [6.07, 6.45) is 0. The summed E-state index contributed by atoms with van der Waals surface area (Å²) in [4.78, 5) is 26.1. The maximum Gasteiger partial charge on any atom is 0.234 e. The monoisotopic (exact) mass is 504 g/mol. The summed E-state index contributed by atoms with van der Waals surface area (Å²) < 4.78 is 0. The lowest BCUT2D eigenvalue weighted by Crippen LogP contribution is -2.15. The number of thioether (sulfide) groups is 1. The minimum absolute atomic E-state index is 0.129. The van der Waals surface area contributed by atoms with E-state index in [0.29, 0.717) is 27.8 Å². The minimum atomic E-state index is -0.179. The molecule has 0 aliphatic carbocycles. The molecule has 1 heterocycles. The summed E-state index contributed by atoms with van der Waals surface area (Å²) in [6.45, 7) is 5.92. The largest absolute Gasteiger partial charge is 0.325 e. The summed E-state index contributed by atoms with van der Waals surface area (Å²) in [5.41, 5.74) is 5.53. The molecule has 9 heteroatoms. The molecule has 3 N–H and O–H groups in total. The van der Waals surface area contributed by atoms with Gasteiger partial charge in [-0.25, -0.2) is 0 Å². The van der Waals surface area contributed by atoms with Crippen molar-refractivity contribution in [3.63, 3.8) is 0 Å². The van der Waals surface area contributed by atoms with E-state index in [1.54, 1.807) is 12.1 Å². The second-order valence-electron chi connectivity index (χ2n) is 8.00. The Morgan fingerprint density at radius 2 is 1.34 bits per heavy atom. The number of amides is 1. The number of nitrogens with zero attached hydrogens (tertiary/aromatic N) is 3. The van der Waals surface area contributed by atoms with E-state index in [0.717, 1.165) is 28.1 Å². The molecule has 1 aromatic heterocycles. The van der Waals surface area contributed by atoms with Crippen LogP contribution in [-0.4, -0.2) is 26.6 Å². The standard InChI is InChI=1S/C26H25ClN6OS/c1-16-7-11-19(12-8-16)28-24-31-25(29-20-13-9-17(2)10-14-20)33-26(32-24)35-15-23(34)30-22-6-4-5-21(27)18(22)3/h4-14H,15H2,1-3H3,(H,30,34)(H2,28,29,31,32,33). The molecular weight excluding hydrogens is 480 g/mol. The van der Waals surface area contributed by atoms with Crippen molar-refractivity contribution < 1.29 is 4.79 Å². The molecule has 0 spiro atoms. The van der Waals surface area contributed by atoms with Crippen LogP contribution >= 0.6 is 23.4 Å². The molecule has 178 valence electrons. The van der Waals surface area contributed by atoms with E-state index in [1.165, 1.54) is 11.8 Å². The molecule has 4 rings (SSSR count). The highest BCUT2D eigenvalue weighted by Gasteiger charge is 2.12. The Morgan fingerprint density at radius 1 is 0.800 bits per heavy atom. The van der Waals surface area contributed by atoms with Gasteiger partial charge < -0.3 is 16.0 Å². The lowest BCUT2D eigenvalue weighted by atomic mass is 10.2. The van der Waals surface area contributed by atoms with Gasteiger partial charge in [-0.15, -0.1) is 0 Å². The first kappa shape index (κ1) is 24.5. The molecule has 0 saturated carbocycles. The molecule has 4 aromatic rings. The third kappa shape index (κ3) is 6.94. The topological polar surface area (TPSA) is 91.8 Å². The van der Waals surface area contributed by atoms with Crippen molar-refractivity contribution in [1.82, 2.24) is 15.0 Å². The lowest BCUT2D eigenvalue weighted by molar-refractivity contribution is -0.113. The van der Waals surface area contributed by atoms with E-state index >= 15 is 0 Å². The Bertz CT molecular complexity index is 1260. The van der Waals surface area contributed by atoms with Gasteiger partial charge in [0.05, 0.1) is 5.75 Å². The Balaban J connectivity index is 1.52. The van der Waals surface area contributed by atoms with Gasteiger partial charge in [0.25, 0.3) is 0 Å². The number of nitrogens with one attached hydrogen (secondary N) is 3. The van der Waals surface area contributed by atoms with Gasteiger partial charge in [-0.1, -0.05) is 64.8 Å². The Morgan fingerprint density at radius 3 is 1.89 bits per heavy atom. The van der Waals surface area contributed by atoms with Gasteiger partial charge in [-0.2, -0.15) is 15.0 Å². The number of aromatic nitrogens is 3. The third-order valence-corrected chi connectivity index (χ3v) is 6.36. The molecule has 0 atom stereocenters. The van der Waals surface area contributed by atoms with Crippen LogP contribution in [0, 0.1) is 20.8 Å². The maximum absolute atomic E-state index is 12.6. The number of anilines is 5. The number of halogens is 1. The number of hydrogen-bond acceptors (Lipinski definition) is 7. The summed E-state index contributed by atoms with van der Waals surface area (Å²) in [6, 6.07) is 21.3. The number of rotatable bonds is 8. The fourth-order valence-corrected chi connectivity index (χ4v) is 3.93. The van der Waals surface area contributed by atoms with Gasteiger partial charge in [0.2, 0.25) is 17.8 Å². The van der Waals surface area contributed by atoms with Crippen LogP contribution < -0.4 is 16.0 Å². The van der Waals surface area contributed by atoms with E-state index < -0.39 is 0 Å². The van der Waals surface area contributed by atoms with Crippen LogP contribution in [-0.2, 0) is 4.79 Å². The molecule has 35 heavy (non-hydrogen) atoms. The Kier molecular flexibility index (Phi) is 7.84. The predicted octanol–water partition coefficient (Wildman–Crippen LogP) is 6.67. The summed E-state index contributed by atoms with van der Waals surface area (Å²) >= 11 is 7.38. The van der Waals surface area contributed by atoms with Crippen LogP contribution in [0.2, 0.25) is 5.02 Å². The van der Waals surface area contributed by atoms with Crippen LogP contribution in [0.4, 0.5) is 29.0 Å². The molecule has 7 nitrogen and oxygen atoms in total. The molecular formula is C26H25ClN6OS. The van der Waals surface area contributed by atoms with Gasteiger partial charge in [0, 0.05) is 22.1 Å². The second-order valence-corrected chi connectivity index (χ2v) is 9.35. The minimum Gasteiger partial charge on any atom is -0.325 e. The van der Waals surface area contributed by atoms with E-state index in [-0.39, 0.29) is 11.7 Å². The van der Waals surface area contributed by atoms with Gasteiger partial charge >= 0.3 is 0 Å². The third-order valence-electron chi connectivity index (χ3n) is 5.10. The van der Waals surface area contributed by atoms with E-state index in [2.05, 4.69) is 30.9 Å². The van der Waals surface area contributed by atoms with Crippen molar-refractivity contribution >= 4 is 58.2 Å². The Hall–Kier alpha value is -3.62. The van der Waals surface area contributed by atoms with Crippen molar-refractivity contribution in [2.24, 2.45) is 0 Å². The first-order valence-electron chi connectivity index (χ1n) is 11.0. The number of carbonyl (C=O) groups excluding carboxylic acids is 1. The predicted molar refractivity (Wildman–Crippen MR) is 144 cm³/mol.